The van der Waals surface area contributed by atoms with Crippen LogP contribution in [0.2, 0.25) is 0 Å². The van der Waals surface area contributed by atoms with Crippen molar-refractivity contribution in [3.8, 4) is 0 Å². The largest absolute Gasteiger partial charge is 0.326 e. The number of aryl methyl sites for hydroxylation is 1. The lowest BCUT2D eigenvalue weighted by Gasteiger charge is -2.13. The third-order valence-corrected chi connectivity index (χ3v) is 3.63. The van der Waals surface area contributed by atoms with Gasteiger partial charge in [0.1, 0.15) is 0 Å². The summed E-state index contributed by atoms with van der Waals surface area (Å²) < 4.78 is 1.99. The van der Waals surface area contributed by atoms with Crippen LogP contribution in [0.15, 0.2) is 10.9 Å². The van der Waals surface area contributed by atoms with E-state index in [1.807, 2.05) is 10.6 Å². The van der Waals surface area contributed by atoms with Gasteiger partial charge in [-0.25, -0.2) is 0 Å². The molecule has 0 aromatic carbocycles. The van der Waals surface area contributed by atoms with Gasteiger partial charge < -0.3 is 10.3 Å². The highest BCUT2D eigenvalue weighted by atomic mass is 16.1. The molecule has 0 fully saturated rings. The Morgan fingerprint density at radius 1 is 1.35 bits per heavy atom. The molecule has 0 saturated carbocycles. The fraction of sp³-hybridized carbons (Fsp3) is 0.643. The van der Waals surface area contributed by atoms with Crippen molar-refractivity contribution in [2.24, 2.45) is 5.73 Å². The molecule has 0 radical (unpaired) electrons. The van der Waals surface area contributed by atoms with Gasteiger partial charge in [0, 0.05) is 24.3 Å². The van der Waals surface area contributed by atoms with Crippen molar-refractivity contribution in [3.63, 3.8) is 0 Å². The Morgan fingerprint density at radius 3 is 2.88 bits per heavy atom. The maximum Gasteiger partial charge on any atom is 0.255 e. The standard InChI is InChI=1S/C14H22N2O/c1-2-3-4-8-16-13-7-5-6-11(13)9-12(10-15)14(16)17/h9H,2-8,10,15H2,1H3. The van der Waals surface area contributed by atoms with Crippen LogP contribution in [0.3, 0.4) is 0 Å². The second-order valence-electron chi connectivity index (χ2n) is 4.86. The molecule has 0 atom stereocenters. The van der Waals surface area contributed by atoms with Crippen LogP contribution in [-0.2, 0) is 25.9 Å². The zero-order valence-corrected chi connectivity index (χ0v) is 10.7. The normalized spacial score (nSPS) is 14.0. The molecule has 1 aliphatic carbocycles. The molecular weight excluding hydrogens is 212 g/mol. The number of hydrogen-bond donors (Lipinski definition) is 1. The first kappa shape index (κ1) is 12.4. The quantitative estimate of drug-likeness (QED) is 0.792. The van der Waals surface area contributed by atoms with Gasteiger partial charge in [0.2, 0.25) is 0 Å². The van der Waals surface area contributed by atoms with Crippen molar-refractivity contribution in [1.29, 1.82) is 0 Å². The second kappa shape index (κ2) is 5.50. The molecule has 1 aliphatic rings. The van der Waals surface area contributed by atoms with E-state index in [9.17, 15) is 4.79 Å². The molecule has 2 rings (SSSR count). The van der Waals surface area contributed by atoms with Crippen LogP contribution in [0, 0.1) is 0 Å². The first-order valence-corrected chi connectivity index (χ1v) is 6.72. The summed E-state index contributed by atoms with van der Waals surface area (Å²) in [6.45, 7) is 3.41. The number of nitrogens with zero attached hydrogens (tertiary/aromatic N) is 1. The van der Waals surface area contributed by atoms with E-state index in [2.05, 4.69) is 6.92 Å². The monoisotopic (exact) mass is 234 g/mol. The molecule has 0 unspecified atom stereocenters. The highest BCUT2D eigenvalue weighted by Gasteiger charge is 2.18. The van der Waals surface area contributed by atoms with Gasteiger partial charge in [-0.15, -0.1) is 0 Å². The molecule has 0 bridgehead atoms. The van der Waals surface area contributed by atoms with Gasteiger partial charge >= 0.3 is 0 Å². The predicted molar refractivity (Wildman–Crippen MR) is 70.1 cm³/mol. The fourth-order valence-corrected chi connectivity index (χ4v) is 2.69. The average Bonchev–Trinajstić information content (AvgIpc) is 2.79. The summed E-state index contributed by atoms with van der Waals surface area (Å²) in [4.78, 5) is 12.2. The number of pyridine rings is 1. The van der Waals surface area contributed by atoms with Gasteiger partial charge in [-0.3, -0.25) is 4.79 Å². The smallest absolute Gasteiger partial charge is 0.255 e. The fourth-order valence-electron chi connectivity index (χ4n) is 2.69. The van der Waals surface area contributed by atoms with Crippen LogP contribution in [0.25, 0.3) is 0 Å². The summed E-state index contributed by atoms with van der Waals surface area (Å²) in [6, 6.07) is 2.03. The van der Waals surface area contributed by atoms with Crippen molar-refractivity contribution in [3.05, 3.63) is 33.2 Å². The minimum Gasteiger partial charge on any atom is -0.326 e. The number of hydrogen-bond acceptors (Lipinski definition) is 2. The van der Waals surface area contributed by atoms with Gasteiger partial charge in [0.05, 0.1) is 0 Å². The van der Waals surface area contributed by atoms with E-state index < -0.39 is 0 Å². The molecular formula is C14H22N2O. The Labute approximate surface area is 103 Å². The minimum atomic E-state index is 0.143. The van der Waals surface area contributed by atoms with Crippen molar-refractivity contribution in [2.45, 2.75) is 58.5 Å². The summed E-state index contributed by atoms with van der Waals surface area (Å²) in [6.07, 6.45) is 6.81. The van der Waals surface area contributed by atoms with Gasteiger partial charge in [-0.2, -0.15) is 0 Å². The van der Waals surface area contributed by atoms with Crippen molar-refractivity contribution in [2.75, 3.05) is 0 Å². The molecule has 0 amide bonds. The number of aromatic nitrogens is 1. The number of unbranched alkanes of at least 4 members (excludes halogenated alkanes) is 2. The molecule has 3 heteroatoms. The van der Waals surface area contributed by atoms with E-state index in [0.29, 0.717) is 6.54 Å². The third kappa shape index (κ3) is 2.44. The molecule has 1 heterocycles. The highest BCUT2D eigenvalue weighted by molar-refractivity contribution is 5.30. The van der Waals surface area contributed by atoms with E-state index in [0.717, 1.165) is 31.4 Å². The second-order valence-corrected chi connectivity index (χ2v) is 4.86. The number of fused-ring (bicyclic) bond motifs is 1. The van der Waals surface area contributed by atoms with Crippen molar-refractivity contribution in [1.82, 2.24) is 4.57 Å². The molecule has 1 aromatic heterocycles. The summed E-state index contributed by atoms with van der Waals surface area (Å²) in [5.41, 5.74) is 9.19. The average molecular weight is 234 g/mol. The topological polar surface area (TPSA) is 48.0 Å². The molecule has 2 N–H and O–H groups in total. The molecule has 0 spiro atoms. The Morgan fingerprint density at radius 2 is 2.18 bits per heavy atom. The zero-order valence-electron chi connectivity index (χ0n) is 10.7. The molecule has 3 nitrogen and oxygen atoms in total. The lowest BCUT2D eigenvalue weighted by molar-refractivity contribution is 0.565. The Bertz CT molecular complexity index is 448. The summed E-state index contributed by atoms with van der Waals surface area (Å²) in [7, 11) is 0. The van der Waals surface area contributed by atoms with E-state index in [1.165, 1.54) is 30.5 Å². The number of rotatable bonds is 5. The molecule has 1 aromatic rings. The maximum absolute atomic E-state index is 12.2. The molecule has 0 aliphatic heterocycles. The van der Waals surface area contributed by atoms with Crippen LogP contribution in [0.4, 0.5) is 0 Å². The first-order valence-electron chi connectivity index (χ1n) is 6.72. The van der Waals surface area contributed by atoms with Crippen LogP contribution < -0.4 is 11.3 Å². The van der Waals surface area contributed by atoms with Crippen LogP contribution in [-0.4, -0.2) is 4.57 Å². The Balaban J connectivity index is 2.34. The molecule has 0 saturated heterocycles. The third-order valence-electron chi connectivity index (χ3n) is 3.63. The van der Waals surface area contributed by atoms with Crippen LogP contribution >= 0.6 is 0 Å². The summed E-state index contributed by atoms with van der Waals surface area (Å²) >= 11 is 0. The Kier molecular flexibility index (Phi) is 4.00. The van der Waals surface area contributed by atoms with Crippen molar-refractivity contribution < 1.29 is 0 Å². The summed E-state index contributed by atoms with van der Waals surface area (Å²) in [5.74, 6) is 0. The van der Waals surface area contributed by atoms with Gasteiger partial charge in [-0.1, -0.05) is 19.8 Å². The van der Waals surface area contributed by atoms with Crippen LogP contribution in [0.5, 0.6) is 0 Å². The Hall–Kier alpha value is -1.09. The zero-order chi connectivity index (χ0) is 12.3. The molecule has 94 valence electrons. The van der Waals surface area contributed by atoms with Gasteiger partial charge in [0.25, 0.3) is 5.56 Å². The first-order chi connectivity index (χ1) is 8.27. The lowest BCUT2D eigenvalue weighted by Crippen LogP contribution is -2.28. The van der Waals surface area contributed by atoms with Crippen LogP contribution in [0.1, 0.15) is 49.4 Å². The van der Waals surface area contributed by atoms with E-state index in [4.69, 9.17) is 5.73 Å². The number of nitrogens with two attached hydrogens (primary N) is 1. The van der Waals surface area contributed by atoms with Gasteiger partial charge in [-0.05, 0) is 37.3 Å². The van der Waals surface area contributed by atoms with E-state index in [-0.39, 0.29) is 5.56 Å². The van der Waals surface area contributed by atoms with Crippen molar-refractivity contribution >= 4 is 0 Å². The van der Waals surface area contributed by atoms with E-state index >= 15 is 0 Å². The SMILES string of the molecule is CCCCCn1c2c(cc(CN)c1=O)CCC2. The van der Waals surface area contributed by atoms with Gasteiger partial charge in [0.15, 0.2) is 0 Å². The highest BCUT2D eigenvalue weighted by Crippen LogP contribution is 2.21. The lowest BCUT2D eigenvalue weighted by atomic mass is 10.1. The van der Waals surface area contributed by atoms with E-state index in [1.54, 1.807) is 0 Å². The maximum atomic E-state index is 12.2. The summed E-state index contributed by atoms with van der Waals surface area (Å²) in [5, 5.41) is 0. The predicted octanol–water partition coefficient (Wildman–Crippen LogP) is 1.99. The molecule has 17 heavy (non-hydrogen) atoms. The minimum absolute atomic E-state index is 0.143.